The van der Waals surface area contributed by atoms with E-state index >= 15 is 0 Å². The van der Waals surface area contributed by atoms with E-state index in [9.17, 15) is 4.79 Å². The van der Waals surface area contributed by atoms with E-state index < -0.39 is 5.92 Å². The number of nitrogens with one attached hydrogen (secondary N) is 1. The Bertz CT molecular complexity index is 347. The van der Waals surface area contributed by atoms with Crippen LogP contribution in [0.2, 0.25) is 0 Å². The van der Waals surface area contributed by atoms with Gasteiger partial charge in [-0.2, -0.15) is 0 Å². The molecule has 21 heavy (non-hydrogen) atoms. The van der Waals surface area contributed by atoms with E-state index in [4.69, 9.17) is 10.9 Å². The van der Waals surface area contributed by atoms with E-state index in [1.807, 2.05) is 6.92 Å². The summed E-state index contributed by atoms with van der Waals surface area (Å²) in [5.74, 6) is -0.660. The van der Waals surface area contributed by atoms with Crippen molar-refractivity contribution in [3.63, 3.8) is 0 Å². The molecule has 1 aliphatic heterocycles. The predicted molar refractivity (Wildman–Crippen MR) is 84.3 cm³/mol. The van der Waals surface area contributed by atoms with Crippen LogP contribution < -0.4 is 11.1 Å². The molecule has 6 heteroatoms. The first-order valence-electron chi connectivity index (χ1n) is 8.09. The quantitative estimate of drug-likeness (QED) is 0.208. The molecule has 0 radical (unpaired) electrons. The molecule has 1 heterocycles. The summed E-state index contributed by atoms with van der Waals surface area (Å²) < 4.78 is 0. The van der Waals surface area contributed by atoms with Gasteiger partial charge in [-0.3, -0.25) is 4.79 Å². The highest BCUT2D eigenvalue weighted by molar-refractivity contribution is 6.01. The van der Waals surface area contributed by atoms with Gasteiger partial charge >= 0.3 is 0 Å². The van der Waals surface area contributed by atoms with Gasteiger partial charge in [-0.25, -0.2) is 0 Å². The number of amides is 1. The number of rotatable bonds is 8. The molecule has 2 unspecified atom stereocenters. The lowest BCUT2D eigenvalue weighted by Gasteiger charge is -2.33. The molecule has 0 saturated carbocycles. The molecule has 0 spiro atoms. The molecule has 0 aromatic heterocycles. The summed E-state index contributed by atoms with van der Waals surface area (Å²) in [6.45, 7) is 7.07. The van der Waals surface area contributed by atoms with Crippen molar-refractivity contribution in [3.8, 4) is 0 Å². The molecular weight excluding hydrogens is 268 g/mol. The fraction of sp³-hybridized carbons (Fsp3) is 0.867. The van der Waals surface area contributed by atoms with Gasteiger partial charge in [0.2, 0.25) is 5.91 Å². The van der Waals surface area contributed by atoms with E-state index in [0.29, 0.717) is 19.0 Å². The van der Waals surface area contributed by atoms with Gasteiger partial charge in [0.05, 0.1) is 5.92 Å². The maximum atomic E-state index is 12.1. The van der Waals surface area contributed by atoms with Crippen LogP contribution in [0.4, 0.5) is 0 Å². The number of carbonyl (C=O) groups is 1. The topological polar surface area (TPSA) is 91.0 Å². The zero-order valence-corrected chi connectivity index (χ0v) is 13.3. The minimum Gasteiger partial charge on any atom is -0.409 e. The Balaban J connectivity index is 2.28. The van der Waals surface area contributed by atoms with Crippen LogP contribution in [0.25, 0.3) is 0 Å². The second kappa shape index (κ2) is 9.60. The Kier molecular flexibility index (Phi) is 8.12. The first-order chi connectivity index (χ1) is 10.1. The van der Waals surface area contributed by atoms with Crippen molar-refractivity contribution in [3.05, 3.63) is 0 Å². The third-order valence-electron chi connectivity index (χ3n) is 4.23. The SMILES string of the molecule is CCCC(C(=O)NCCCN1CCCCC1C)C(N)=NO. The summed E-state index contributed by atoms with van der Waals surface area (Å²) in [5.41, 5.74) is 5.57. The number of piperidine rings is 1. The number of nitrogens with two attached hydrogens (primary N) is 1. The normalized spacial score (nSPS) is 22.0. The Labute approximate surface area is 127 Å². The fourth-order valence-electron chi connectivity index (χ4n) is 2.88. The molecule has 1 fully saturated rings. The van der Waals surface area contributed by atoms with Gasteiger partial charge in [0.1, 0.15) is 0 Å². The van der Waals surface area contributed by atoms with Crippen LogP contribution in [0.15, 0.2) is 5.16 Å². The van der Waals surface area contributed by atoms with Gasteiger partial charge in [-0.05, 0) is 39.2 Å². The first kappa shape index (κ1) is 17.8. The molecule has 4 N–H and O–H groups in total. The zero-order chi connectivity index (χ0) is 15.7. The summed E-state index contributed by atoms with van der Waals surface area (Å²) in [4.78, 5) is 14.5. The fourth-order valence-corrected chi connectivity index (χ4v) is 2.88. The molecule has 0 aromatic carbocycles. The van der Waals surface area contributed by atoms with Crippen LogP contribution in [-0.2, 0) is 4.79 Å². The average Bonchev–Trinajstić information content (AvgIpc) is 2.49. The molecule has 1 rings (SSSR count). The lowest BCUT2D eigenvalue weighted by molar-refractivity contribution is -0.123. The maximum absolute atomic E-state index is 12.1. The molecule has 1 amide bonds. The highest BCUT2D eigenvalue weighted by Gasteiger charge is 2.22. The number of likely N-dealkylation sites (tertiary alicyclic amines) is 1. The third-order valence-corrected chi connectivity index (χ3v) is 4.23. The molecule has 0 aromatic rings. The highest BCUT2D eigenvalue weighted by Crippen LogP contribution is 2.16. The van der Waals surface area contributed by atoms with Gasteiger partial charge in [-0.15, -0.1) is 0 Å². The molecule has 0 bridgehead atoms. The van der Waals surface area contributed by atoms with Crippen LogP contribution in [-0.4, -0.2) is 47.5 Å². The number of carbonyl (C=O) groups excluding carboxylic acids is 1. The minimum absolute atomic E-state index is 0.000923. The number of hydrogen-bond donors (Lipinski definition) is 3. The monoisotopic (exact) mass is 298 g/mol. The molecule has 1 saturated heterocycles. The lowest BCUT2D eigenvalue weighted by Crippen LogP contribution is -2.41. The number of nitrogens with zero attached hydrogens (tertiary/aromatic N) is 2. The van der Waals surface area contributed by atoms with E-state index in [1.54, 1.807) is 0 Å². The minimum atomic E-state index is -0.520. The molecule has 1 aliphatic rings. The smallest absolute Gasteiger partial charge is 0.230 e. The zero-order valence-electron chi connectivity index (χ0n) is 13.3. The van der Waals surface area contributed by atoms with Crippen molar-refractivity contribution in [2.75, 3.05) is 19.6 Å². The maximum Gasteiger partial charge on any atom is 0.230 e. The van der Waals surface area contributed by atoms with Crippen molar-refractivity contribution in [1.82, 2.24) is 10.2 Å². The van der Waals surface area contributed by atoms with Crippen molar-refractivity contribution in [2.24, 2.45) is 16.8 Å². The first-order valence-corrected chi connectivity index (χ1v) is 8.09. The van der Waals surface area contributed by atoms with Gasteiger partial charge in [-0.1, -0.05) is 24.9 Å². The highest BCUT2D eigenvalue weighted by atomic mass is 16.4. The van der Waals surface area contributed by atoms with E-state index in [0.717, 1.165) is 25.9 Å². The summed E-state index contributed by atoms with van der Waals surface area (Å²) >= 11 is 0. The van der Waals surface area contributed by atoms with Gasteiger partial charge in [0.25, 0.3) is 0 Å². The van der Waals surface area contributed by atoms with Gasteiger partial charge in [0.15, 0.2) is 5.84 Å². The van der Waals surface area contributed by atoms with Crippen LogP contribution in [0.3, 0.4) is 0 Å². The Morgan fingerprint density at radius 1 is 1.52 bits per heavy atom. The van der Waals surface area contributed by atoms with E-state index in [1.165, 1.54) is 19.3 Å². The predicted octanol–water partition coefficient (Wildman–Crippen LogP) is 1.53. The summed E-state index contributed by atoms with van der Waals surface area (Å²) in [5, 5.41) is 14.6. The van der Waals surface area contributed by atoms with Crippen molar-refractivity contribution in [1.29, 1.82) is 0 Å². The Hall–Kier alpha value is -1.30. The van der Waals surface area contributed by atoms with Gasteiger partial charge < -0.3 is 21.2 Å². The van der Waals surface area contributed by atoms with Crippen LogP contribution in [0, 0.1) is 5.92 Å². The van der Waals surface area contributed by atoms with Crippen LogP contribution in [0.5, 0.6) is 0 Å². The molecule has 6 nitrogen and oxygen atoms in total. The Morgan fingerprint density at radius 2 is 2.29 bits per heavy atom. The Morgan fingerprint density at radius 3 is 2.90 bits per heavy atom. The number of oxime groups is 1. The van der Waals surface area contributed by atoms with Crippen molar-refractivity contribution < 1.29 is 10.0 Å². The third kappa shape index (κ3) is 5.91. The van der Waals surface area contributed by atoms with E-state index in [2.05, 4.69) is 22.3 Å². The summed E-state index contributed by atoms with van der Waals surface area (Å²) in [7, 11) is 0. The number of amidine groups is 1. The standard InChI is InChI=1S/C15H30N4O2/c1-3-7-13(14(16)18-21)15(20)17-9-6-11-19-10-5-4-8-12(19)2/h12-13,21H,3-11H2,1-2H3,(H2,16,18)(H,17,20). The average molecular weight is 298 g/mol. The second-order valence-electron chi connectivity index (χ2n) is 5.89. The molecular formula is C15H30N4O2. The second-order valence-corrected chi connectivity index (χ2v) is 5.89. The molecule has 2 atom stereocenters. The number of hydrogen-bond acceptors (Lipinski definition) is 4. The summed E-state index contributed by atoms with van der Waals surface area (Å²) in [6.07, 6.45) is 6.23. The molecule has 0 aliphatic carbocycles. The van der Waals surface area contributed by atoms with Gasteiger partial charge in [0, 0.05) is 19.1 Å². The van der Waals surface area contributed by atoms with Crippen LogP contribution >= 0.6 is 0 Å². The summed E-state index contributed by atoms with van der Waals surface area (Å²) in [6, 6.07) is 0.652. The largest absolute Gasteiger partial charge is 0.409 e. The lowest BCUT2D eigenvalue weighted by atomic mass is 10.0. The molecule has 122 valence electrons. The van der Waals surface area contributed by atoms with E-state index in [-0.39, 0.29) is 11.7 Å². The van der Waals surface area contributed by atoms with Crippen molar-refractivity contribution in [2.45, 2.75) is 58.4 Å². The van der Waals surface area contributed by atoms with Crippen LogP contribution in [0.1, 0.15) is 52.4 Å². The van der Waals surface area contributed by atoms with Crippen molar-refractivity contribution >= 4 is 11.7 Å².